The maximum absolute atomic E-state index is 5.54. The second-order valence-electron chi connectivity index (χ2n) is 6.25. The first-order valence-corrected chi connectivity index (χ1v) is 7.51. The van der Waals surface area contributed by atoms with Gasteiger partial charge in [0, 0.05) is 27.2 Å². The molecule has 0 saturated carbocycles. The van der Waals surface area contributed by atoms with Gasteiger partial charge in [-0.1, -0.05) is 32.9 Å². The highest BCUT2D eigenvalue weighted by Crippen LogP contribution is 2.20. The zero-order valence-corrected chi connectivity index (χ0v) is 17.3. The molecule has 0 aliphatic rings. The topological polar surface area (TPSA) is 54.9 Å². The summed E-state index contributed by atoms with van der Waals surface area (Å²) in [4.78, 5) is 4.24. The molecule has 0 fully saturated rings. The van der Waals surface area contributed by atoms with E-state index in [1.54, 1.807) is 21.3 Å². The third-order valence-electron chi connectivity index (χ3n) is 3.52. The van der Waals surface area contributed by atoms with Crippen LogP contribution in [-0.4, -0.2) is 39.9 Å². The van der Waals surface area contributed by atoms with Gasteiger partial charge >= 0.3 is 0 Å². The summed E-state index contributed by atoms with van der Waals surface area (Å²) < 4.78 is 10.8. The highest BCUT2D eigenvalue weighted by Gasteiger charge is 2.24. The van der Waals surface area contributed by atoms with Crippen molar-refractivity contribution in [1.82, 2.24) is 10.6 Å². The lowest BCUT2D eigenvalue weighted by atomic mass is 9.89. The summed E-state index contributed by atoms with van der Waals surface area (Å²) in [6, 6.07) is 7.97. The summed E-state index contributed by atoms with van der Waals surface area (Å²) in [6.07, 6.45) is 0.114. The van der Waals surface area contributed by atoms with Crippen LogP contribution in [0.2, 0.25) is 0 Å². The van der Waals surface area contributed by atoms with E-state index >= 15 is 0 Å². The Balaban J connectivity index is 0.00000484. The summed E-state index contributed by atoms with van der Waals surface area (Å²) in [6.45, 7) is 7.88. The molecule has 1 rings (SSSR count). The summed E-state index contributed by atoms with van der Waals surface area (Å²) >= 11 is 0. The van der Waals surface area contributed by atoms with Crippen LogP contribution in [0.1, 0.15) is 26.3 Å². The lowest BCUT2D eigenvalue weighted by molar-refractivity contribution is 0.0205. The van der Waals surface area contributed by atoms with Gasteiger partial charge in [0.25, 0.3) is 0 Å². The Kier molecular flexibility index (Phi) is 10.2. The number of ether oxygens (including phenoxy) is 2. The Hall–Kier alpha value is -1.02. The van der Waals surface area contributed by atoms with Crippen molar-refractivity contribution in [3.05, 3.63) is 29.8 Å². The molecule has 1 aromatic rings. The first kappa shape index (κ1) is 22.0. The molecular formula is C17H30IN3O2. The summed E-state index contributed by atoms with van der Waals surface area (Å²) in [7, 11) is 5.17. The van der Waals surface area contributed by atoms with E-state index in [9.17, 15) is 0 Å². The fourth-order valence-corrected chi connectivity index (χ4v) is 2.12. The molecule has 6 heteroatoms. The SMILES string of the molecule is CN=C(NCc1cccc(OC)c1)NCC(OC)C(C)(C)C.I. The molecule has 23 heavy (non-hydrogen) atoms. The summed E-state index contributed by atoms with van der Waals surface area (Å²) in [5, 5.41) is 6.60. The van der Waals surface area contributed by atoms with E-state index in [2.05, 4.69) is 42.5 Å². The van der Waals surface area contributed by atoms with Crippen LogP contribution in [0.3, 0.4) is 0 Å². The third-order valence-corrected chi connectivity index (χ3v) is 3.52. The second-order valence-corrected chi connectivity index (χ2v) is 6.25. The minimum Gasteiger partial charge on any atom is -0.497 e. The molecular weight excluding hydrogens is 405 g/mol. The molecule has 0 saturated heterocycles. The van der Waals surface area contributed by atoms with E-state index in [1.165, 1.54) is 0 Å². The molecule has 0 amide bonds. The number of guanidine groups is 1. The van der Waals surface area contributed by atoms with Crippen molar-refractivity contribution in [3.8, 4) is 5.75 Å². The minimum absolute atomic E-state index is 0. The summed E-state index contributed by atoms with van der Waals surface area (Å²) in [5.41, 5.74) is 1.22. The van der Waals surface area contributed by atoms with Crippen molar-refractivity contribution in [2.75, 3.05) is 27.8 Å². The van der Waals surface area contributed by atoms with Crippen molar-refractivity contribution in [1.29, 1.82) is 0 Å². The average Bonchev–Trinajstić information content (AvgIpc) is 2.49. The standard InChI is InChI=1S/C17H29N3O2.HI/c1-17(2,3)15(22-6)12-20-16(18-4)19-11-13-8-7-9-14(10-13)21-5;/h7-10,15H,11-12H2,1-6H3,(H2,18,19,20);1H. The highest BCUT2D eigenvalue weighted by atomic mass is 127. The molecule has 0 aromatic heterocycles. The van der Waals surface area contributed by atoms with Gasteiger partial charge in [-0.05, 0) is 23.1 Å². The van der Waals surface area contributed by atoms with E-state index in [0.29, 0.717) is 13.1 Å². The van der Waals surface area contributed by atoms with E-state index < -0.39 is 0 Å². The van der Waals surface area contributed by atoms with Crippen molar-refractivity contribution in [3.63, 3.8) is 0 Å². The van der Waals surface area contributed by atoms with Gasteiger partial charge in [0.05, 0.1) is 13.2 Å². The molecule has 0 radical (unpaired) electrons. The smallest absolute Gasteiger partial charge is 0.191 e. The number of benzene rings is 1. The number of halogens is 1. The van der Waals surface area contributed by atoms with E-state index in [0.717, 1.165) is 17.3 Å². The first-order chi connectivity index (χ1) is 10.4. The van der Waals surface area contributed by atoms with Crippen LogP contribution in [0.5, 0.6) is 5.75 Å². The van der Waals surface area contributed by atoms with Crippen LogP contribution in [0.15, 0.2) is 29.3 Å². The van der Waals surface area contributed by atoms with Gasteiger partial charge in [0.2, 0.25) is 0 Å². The largest absolute Gasteiger partial charge is 0.497 e. The van der Waals surface area contributed by atoms with E-state index in [1.807, 2.05) is 18.2 Å². The van der Waals surface area contributed by atoms with Crippen molar-refractivity contribution in [2.24, 2.45) is 10.4 Å². The zero-order chi connectivity index (χ0) is 16.6. The molecule has 132 valence electrons. The van der Waals surface area contributed by atoms with Crippen molar-refractivity contribution < 1.29 is 9.47 Å². The van der Waals surface area contributed by atoms with E-state index in [-0.39, 0.29) is 35.5 Å². The predicted molar refractivity (Wildman–Crippen MR) is 107 cm³/mol. The Bertz CT molecular complexity index is 487. The third kappa shape index (κ3) is 7.87. The molecule has 0 aliphatic carbocycles. The Morgan fingerprint density at radius 3 is 2.43 bits per heavy atom. The molecule has 0 bridgehead atoms. The van der Waals surface area contributed by atoms with Gasteiger partial charge in [0.15, 0.2) is 5.96 Å². The Morgan fingerprint density at radius 1 is 1.22 bits per heavy atom. The normalized spacial score (nSPS) is 13.0. The van der Waals surface area contributed by atoms with Gasteiger partial charge in [-0.2, -0.15) is 0 Å². The Morgan fingerprint density at radius 2 is 1.91 bits per heavy atom. The van der Waals surface area contributed by atoms with Gasteiger partial charge in [-0.25, -0.2) is 0 Å². The number of nitrogens with zero attached hydrogens (tertiary/aromatic N) is 1. The second kappa shape index (κ2) is 10.7. The van der Waals surface area contributed by atoms with Crippen LogP contribution < -0.4 is 15.4 Å². The number of aliphatic imine (C=N–C) groups is 1. The van der Waals surface area contributed by atoms with Gasteiger partial charge in [-0.3, -0.25) is 4.99 Å². The molecule has 1 aromatic carbocycles. The molecule has 0 heterocycles. The van der Waals surface area contributed by atoms with Crippen LogP contribution in [0, 0.1) is 5.41 Å². The predicted octanol–water partition coefficient (Wildman–Crippen LogP) is 3.04. The number of nitrogens with one attached hydrogen (secondary N) is 2. The molecule has 5 nitrogen and oxygen atoms in total. The quantitative estimate of drug-likeness (QED) is 0.410. The number of rotatable bonds is 6. The van der Waals surface area contributed by atoms with E-state index in [4.69, 9.17) is 9.47 Å². The summed E-state index contributed by atoms with van der Waals surface area (Å²) in [5.74, 6) is 1.61. The molecule has 0 spiro atoms. The fourth-order valence-electron chi connectivity index (χ4n) is 2.12. The number of methoxy groups -OCH3 is 2. The van der Waals surface area contributed by atoms with Gasteiger partial charge in [-0.15, -0.1) is 24.0 Å². The zero-order valence-electron chi connectivity index (χ0n) is 15.0. The van der Waals surface area contributed by atoms with Crippen LogP contribution in [0.25, 0.3) is 0 Å². The molecule has 0 aliphatic heterocycles. The number of hydrogen-bond donors (Lipinski definition) is 2. The first-order valence-electron chi connectivity index (χ1n) is 7.51. The van der Waals surface area contributed by atoms with Gasteiger partial charge < -0.3 is 20.1 Å². The maximum Gasteiger partial charge on any atom is 0.191 e. The lowest BCUT2D eigenvalue weighted by Gasteiger charge is -2.30. The minimum atomic E-state index is 0. The maximum atomic E-state index is 5.54. The molecule has 1 unspecified atom stereocenters. The molecule has 2 N–H and O–H groups in total. The monoisotopic (exact) mass is 435 g/mol. The fraction of sp³-hybridized carbons (Fsp3) is 0.588. The number of hydrogen-bond acceptors (Lipinski definition) is 3. The average molecular weight is 435 g/mol. The van der Waals surface area contributed by atoms with Crippen LogP contribution in [-0.2, 0) is 11.3 Å². The van der Waals surface area contributed by atoms with Gasteiger partial charge in [0.1, 0.15) is 5.75 Å². The van der Waals surface area contributed by atoms with Crippen molar-refractivity contribution in [2.45, 2.75) is 33.4 Å². The molecule has 1 atom stereocenters. The Labute approximate surface area is 157 Å². The highest BCUT2D eigenvalue weighted by molar-refractivity contribution is 14.0. The lowest BCUT2D eigenvalue weighted by Crippen LogP contribution is -2.45. The van der Waals surface area contributed by atoms with Crippen molar-refractivity contribution >= 4 is 29.9 Å². The van der Waals surface area contributed by atoms with Crippen LogP contribution >= 0.6 is 24.0 Å². The van der Waals surface area contributed by atoms with Crippen LogP contribution in [0.4, 0.5) is 0 Å².